The van der Waals surface area contributed by atoms with Gasteiger partial charge in [0.25, 0.3) is 11.8 Å². The van der Waals surface area contributed by atoms with E-state index < -0.39 is 0 Å². The van der Waals surface area contributed by atoms with E-state index in [0.29, 0.717) is 5.89 Å². The Hall–Kier alpha value is -2.17. The second-order valence-corrected chi connectivity index (χ2v) is 2.97. The number of carbonyl (C=O) groups is 1. The molecular weight excluding hydrogens is 194 g/mol. The molecule has 0 saturated heterocycles. The lowest BCUT2D eigenvalue weighted by molar-refractivity contribution is -0.114. The molecule has 1 amide bonds. The maximum absolute atomic E-state index is 10.7. The van der Waals surface area contributed by atoms with Gasteiger partial charge in [0, 0.05) is 12.5 Å². The van der Waals surface area contributed by atoms with Crippen LogP contribution in [0.25, 0.3) is 11.5 Å². The summed E-state index contributed by atoms with van der Waals surface area (Å²) < 4.78 is 4.98. The summed E-state index contributed by atoms with van der Waals surface area (Å²) in [5.41, 5.74) is 0.821. The summed E-state index contributed by atoms with van der Waals surface area (Å²) >= 11 is 0. The Morgan fingerprint density at radius 3 is 2.73 bits per heavy atom. The third-order valence-electron chi connectivity index (χ3n) is 1.73. The van der Waals surface area contributed by atoms with E-state index in [9.17, 15) is 4.79 Å². The van der Waals surface area contributed by atoms with E-state index in [4.69, 9.17) is 4.52 Å². The Morgan fingerprint density at radius 2 is 2.07 bits per heavy atom. The van der Waals surface area contributed by atoms with Crippen LogP contribution in [0.15, 0.2) is 34.9 Å². The highest BCUT2D eigenvalue weighted by Crippen LogP contribution is 2.17. The molecule has 0 unspecified atom stereocenters. The second-order valence-electron chi connectivity index (χ2n) is 2.97. The first-order valence-corrected chi connectivity index (χ1v) is 4.42. The molecule has 0 atom stereocenters. The van der Waals surface area contributed by atoms with E-state index in [0.717, 1.165) is 5.56 Å². The van der Waals surface area contributed by atoms with Crippen LogP contribution in [0.5, 0.6) is 0 Å². The van der Waals surface area contributed by atoms with Crippen LogP contribution >= 0.6 is 0 Å². The molecule has 0 aliphatic heterocycles. The molecule has 0 bridgehead atoms. The maximum Gasteiger partial charge on any atom is 0.270 e. The molecule has 0 fully saturated rings. The first-order valence-electron chi connectivity index (χ1n) is 4.42. The van der Waals surface area contributed by atoms with Crippen molar-refractivity contribution in [3.63, 3.8) is 0 Å². The van der Waals surface area contributed by atoms with Gasteiger partial charge in [-0.25, -0.2) is 0 Å². The van der Waals surface area contributed by atoms with Gasteiger partial charge in [-0.3, -0.25) is 10.1 Å². The fourth-order valence-electron chi connectivity index (χ4n) is 1.13. The summed E-state index contributed by atoms with van der Waals surface area (Å²) in [6, 6.07) is 9.35. The van der Waals surface area contributed by atoms with Crippen LogP contribution in [0.1, 0.15) is 6.92 Å². The largest absolute Gasteiger partial charge is 0.332 e. The number of amides is 1. The quantitative estimate of drug-likeness (QED) is 0.806. The molecule has 5 heteroatoms. The van der Waals surface area contributed by atoms with Crippen LogP contribution < -0.4 is 5.32 Å². The number of rotatable bonds is 2. The molecule has 15 heavy (non-hydrogen) atoms. The molecular formula is C10H9N3O2. The lowest BCUT2D eigenvalue weighted by atomic mass is 10.2. The van der Waals surface area contributed by atoms with Gasteiger partial charge in [0.2, 0.25) is 5.91 Å². The molecule has 0 aliphatic rings. The number of nitrogens with zero attached hydrogens (tertiary/aromatic N) is 2. The van der Waals surface area contributed by atoms with Crippen molar-refractivity contribution in [2.75, 3.05) is 5.32 Å². The average molecular weight is 203 g/mol. The molecule has 0 spiro atoms. The summed E-state index contributed by atoms with van der Waals surface area (Å²) in [5, 5.41) is 6.05. The maximum atomic E-state index is 10.7. The molecule has 1 aromatic heterocycles. The summed E-state index contributed by atoms with van der Waals surface area (Å²) in [5.74, 6) is 0.344. The molecule has 0 radical (unpaired) electrons. The second kappa shape index (κ2) is 3.91. The number of benzene rings is 1. The van der Waals surface area contributed by atoms with Gasteiger partial charge >= 0.3 is 0 Å². The topological polar surface area (TPSA) is 68.0 Å². The number of carbonyl (C=O) groups excluding carboxylic acids is 1. The van der Waals surface area contributed by atoms with Crippen molar-refractivity contribution >= 4 is 11.9 Å². The van der Waals surface area contributed by atoms with Crippen molar-refractivity contribution in [1.29, 1.82) is 0 Å². The molecule has 0 saturated carbocycles. The fraction of sp³-hybridized carbons (Fsp3) is 0.100. The minimum absolute atomic E-state index is 0.182. The summed E-state index contributed by atoms with van der Waals surface area (Å²) in [7, 11) is 0. The van der Waals surface area contributed by atoms with Crippen LogP contribution in [0.3, 0.4) is 0 Å². The molecule has 0 aliphatic carbocycles. The summed E-state index contributed by atoms with van der Waals surface area (Å²) in [6.07, 6.45) is 0. The number of nitrogens with one attached hydrogen (secondary N) is 1. The monoisotopic (exact) mass is 203 g/mol. The number of anilines is 1. The van der Waals surface area contributed by atoms with Crippen molar-refractivity contribution < 1.29 is 9.32 Å². The average Bonchev–Trinajstić information content (AvgIpc) is 2.67. The molecule has 1 heterocycles. The van der Waals surface area contributed by atoms with Crippen LogP contribution in [0.4, 0.5) is 5.95 Å². The third-order valence-corrected chi connectivity index (χ3v) is 1.73. The van der Waals surface area contributed by atoms with Gasteiger partial charge in [0.1, 0.15) is 0 Å². The Morgan fingerprint density at radius 1 is 1.33 bits per heavy atom. The smallest absolute Gasteiger partial charge is 0.270 e. The van der Waals surface area contributed by atoms with E-state index >= 15 is 0 Å². The van der Waals surface area contributed by atoms with Gasteiger partial charge in [0.05, 0.1) is 0 Å². The highest BCUT2D eigenvalue weighted by atomic mass is 16.5. The van der Waals surface area contributed by atoms with Crippen molar-refractivity contribution in [2.24, 2.45) is 0 Å². The molecule has 2 aromatic rings. The van der Waals surface area contributed by atoms with Gasteiger partial charge in [-0.05, 0) is 17.3 Å². The van der Waals surface area contributed by atoms with Gasteiger partial charge in [-0.2, -0.15) is 4.98 Å². The zero-order valence-electron chi connectivity index (χ0n) is 8.10. The van der Waals surface area contributed by atoms with Gasteiger partial charge in [-0.15, -0.1) is 0 Å². The zero-order valence-corrected chi connectivity index (χ0v) is 8.10. The number of hydrogen-bond acceptors (Lipinski definition) is 4. The van der Waals surface area contributed by atoms with Crippen molar-refractivity contribution in [3.05, 3.63) is 30.3 Å². The normalized spacial score (nSPS) is 9.93. The van der Waals surface area contributed by atoms with Gasteiger partial charge in [0.15, 0.2) is 0 Å². The van der Waals surface area contributed by atoms with Crippen LogP contribution in [-0.2, 0) is 4.79 Å². The predicted octanol–water partition coefficient (Wildman–Crippen LogP) is 1.69. The molecule has 5 nitrogen and oxygen atoms in total. The van der Waals surface area contributed by atoms with Crippen LogP contribution in [0.2, 0.25) is 0 Å². The first-order chi connectivity index (χ1) is 7.25. The Balaban J connectivity index is 2.24. The van der Waals surface area contributed by atoms with E-state index in [1.54, 1.807) is 0 Å². The highest BCUT2D eigenvalue weighted by molar-refractivity contribution is 5.86. The Labute approximate surface area is 86.1 Å². The minimum Gasteiger partial charge on any atom is -0.332 e. The lowest BCUT2D eigenvalue weighted by Gasteiger charge is -1.91. The van der Waals surface area contributed by atoms with Crippen LogP contribution in [-0.4, -0.2) is 16.0 Å². The highest BCUT2D eigenvalue weighted by Gasteiger charge is 2.08. The summed E-state index contributed by atoms with van der Waals surface area (Å²) in [6.45, 7) is 1.39. The van der Waals surface area contributed by atoms with E-state index in [2.05, 4.69) is 15.5 Å². The Kier molecular flexibility index (Phi) is 2.45. The van der Waals surface area contributed by atoms with Crippen molar-refractivity contribution in [2.45, 2.75) is 6.92 Å². The standard InChI is InChI=1S/C10H9N3O2/c1-7(14)11-10-12-9(15-13-10)8-5-3-2-4-6-8/h2-6H,1H3,(H,11,13,14). The Bertz CT molecular complexity index is 465. The van der Waals surface area contributed by atoms with Crippen molar-refractivity contribution in [3.8, 4) is 11.5 Å². The fourth-order valence-corrected chi connectivity index (χ4v) is 1.13. The van der Waals surface area contributed by atoms with Gasteiger partial charge < -0.3 is 4.52 Å². The predicted molar refractivity (Wildman–Crippen MR) is 54.0 cm³/mol. The van der Waals surface area contributed by atoms with E-state index in [-0.39, 0.29) is 11.9 Å². The molecule has 1 N–H and O–H groups in total. The van der Waals surface area contributed by atoms with E-state index in [1.807, 2.05) is 30.3 Å². The zero-order chi connectivity index (χ0) is 10.7. The van der Waals surface area contributed by atoms with Crippen LogP contribution in [0, 0.1) is 0 Å². The van der Waals surface area contributed by atoms with Crippen molar-refractivity contribution in [1.82, 2.24) is 10.1 Å². The number of aromatic nitrogens is 2. The molecule has 1 aromatic carbocycles. The lowest BCUT2D eigenvalue weighted by Crippen LogP contribution is -2.06. The van der Waals surface area contributed by atoms with Gasteiger partial charge in [-0.1, -0.05) is 18.2 Å². The summed E-state index contributed by atoms with van der Waals surface area (Å²) in [4.78, 5) is 14.7. The SMILES string of the molecule is CC(=O)Nc1noc(-c2ccccc2)n1. The van der Waals surface area contributed by atoms with E-state index in [1.165, 1.54) is 6.92 Å². The molecule has 76 valence electrons. The first kappa shape index (κ1) is 9.39. The third kappa shape index (κ3) is 2.19. The number of hydrogen-bond donors (Lipinski definition) is 1. The molecule has 2 rings (SSSR count). The minimum atomic E-state index is -0.226.